The summed E-state index contributed by atoms with van der Waals surface area (Å²) < 4.78 is 15.8. The van der Waals surface area contributed by atoms with Gasteiger partial charge in [0, 0.05) is 11.6 Å². The molecule has 0 radical (unpaired) electrons. The first-order valence-corrected chi connectivity index (χ1v) is 6.36. The number of nitrogens with two attached hydrogens (primary N) is 1. The van der Waals surface area contributed by atoms with Crippen molar-refractivity contribution in [1.29, 1.82) is 0 Å². The highest BCUT2D eigenvalue weighted by Gasteiger charge is 2.35. The third-order valence-corrected chi connectivity index (χ3v) is 3.57. The average Bonchev–Trinajstić information content (AvgIpc) is 3.28. The summed E-state index contributed by atoms with van der Waals surface area (Å²) in [5.74, 6) is 2.06. The standard InChI is InChI=1S/C14H21NO4.ClH/c1-17-10-7-12(19-3)11(18-2)6-9(10)13(15)14(16)8-4-5-8;/h6-8,13-14,16H,4-5,15H2,1-3H3;1H/t13-,14+;/m0./s1. The third-order valence-electron chi connectivity index (χ3n) is 3.57. The molecule has 1 aromatic rings. The number of hydrogen-bond donors (Lipinski definition) is 2. The van der Waals surface area contributed by atoms with E-state index in [1.54, 1.807) is 33.5 Å². The molecular formula is C14H22ClNO4. The van der Waals surface area contributed by atoms with Gasteiger partial charge in [0.1, 0.15) is 5.75 Å². The second-order valence-corrected chi connectivity index (χ2v) is 4.80. The van der Waals surface area contributed by atoms with Gasteiger partial charge in [-0.15, -0.1) is 12.4 Å². The summed E-state index contributed by atoms with van der Waals surface area (Å²) in [7, 11) is 4.70. The van der Waals surface area contributed by atoms with Crippen molar-refractivity contribution in [2.24, 2.45) is 11.7 Å². The predicted molar refractivity (Wildman–Crippen MR) is 79.0 cm³/mol. The van der Waals surface area contributed by atoms with Crippen LogP contribution in [-0.4, -0.2) is 32.5 Å². The topological polar surface area (TPSA) is 73.9 Å². The molecule has 1 aliphatic carbocycles. The number of aliphatic hydroxyl groups excluding tert-OH is 1. The maximum Gasteiger partial charge on any atom is 0.164 e. The summed E-state index contributed by atoms with van der Waals surface area (Å²) in [6, 6.07) is 3.02. The van der Waals surface area contributed by atoms with Crippen LogP contribution in [0, 0.1) is 5.92 Å². The fraction of sp³-hybridized carbons (Fsp3) is 0.571. The molecule has 1 fully saturated rings. The highest BCUT2D eigenvalue weighted by molar-refractivity contribution is 5.85. The Labute approximate surface area is 125 Å². The first-order valence-electron chi connectivity index (χ1n) is 6.36. The van der Waals surface area contributed by atoms with Crippen LogP contribution in [0.2, 0.25) is 0 Å². The van der Waals surface area contributed by atoms with Crippen molar-refractivity contribution in [2.75, 3.05) is 21.3 Å². The molecule has 0 aromatic heterocycles. The summed E-state index contributed by atoms with van der Waals surface area (Å²) in [6.45, 7) is 0. The maximum atomic E-state index is 10.2. The zero-order valence-electron chi connectivity index (χ0n) is 12.0. The van der Waals surface area contributed by atoms with Crippen LogP contribution >= 0.6 is 12.4 Å². The molecule has 3 N–H and O–H groups in total. The monoisotopic (exact) mass is 303 g/mol. The van der Waals surface area contributed by atoms with Crippen molar-refractivity contribution in [3.8, 4) is 17.2 Å². The maximum absolute atomic E-state index is 10.2. The number of hydrogen-bond acceptors (Lipinski definition) is 5. The Bertz CT molecular complexity index is 451. The van der Waals surface area contributed by atoms with Crippen LogP contribution in [0.25, 0.3) is 0 Å². The highest BCUT2D eigenvalue weighted by Crippen LogP contribution is 2.42. The predicted octanol–water partition coefficient (Wildman–Crippen LogP) is 1.90. The Kier molecular flexibility index (Phi) is 5.92. The molecule has 0 spiro atoms. The second-order valence-electron chi connectivity index (χ2n) is 4.80. The number of ether oxygens (including phenoxy) is 3. The van der Waals surface area contributed by atoms with Gasteiger partial charge in [-0.2, -0.15) is 0 Å². The van der Waals surface area contributed by atoms with Crippen LogP contribution in [0.1, 0.15) is 24.4 Å². The van der Waals surface area contributed by atoms with E-state index < -0.39 is 12.1 Å². The summed E-state index contributed by atoms with van der Waals surface area (Å²) >= 11 is 0. The van der Waals surface area contributed by atoms with Gasteiger partial charge < -0.3 is 25.1 Å². The minimum atomic E-state index is -0.549. The van der Waals surface area contributed by atoms with Crippen LogP contribution in [0.5, 0.6) is 17.2 Å². The van der Waals surface area contributed by atoms with Crippen molar-refractivity contribution < 1.29 is 19.3 Å². The molecular weight excluding hydrogens is 282 g/mol. The van der Waals surface area contributed by atoms with Crippen LogP contribution in [-0.2, 0) is 0 Å². The molecule has 20 heavy (non-hydrogen) atoms. The van der Waals surface area contributed by atoms with E-state index in [0.717, 1.165) is 18.4 Å². The number of rotatable bonds is 6. The lowest BCUT2D eigenvalue weighted by Gasteiger charge is -2.22. The second kappa shape index (κ2) is 7.02. The van der Waals surface area contributed by atoms with E-state index >= 15 is 0 Å². The van der Waals surface area contributed by atoms with Crippen LogP contribution in [0.3, 0.4) is 0 Å². The Morgan fingerprint density at radius 2 is 1.55 bits per heavy atom. The molecule has 2 rings (SSSR count). The van der Waals surface area contributed by atoms with Gasteiger partial charge >= 0.3 is 0 Å². The molecule has 0 saturated heterocycles. The first-order chi connectivity index (χ1) is 9.12. The lowest BCUT2D eigenvalue weighted by molar-refractivity contribution is 0.121. The van der Waals surface area contributed by atoms with E-state index in [0.29, 0.717) is 23.2 Å². The molecule has 1 aromatic carbocycles. The van der Waals surface area contributed by atoms with E-state index in [2.05, 4.69) is 0 Å². The minimum Gasteiger partial charge on any atom is -0.496 e. The van der Waals surface area contributed by atoms with Gasteiger partial charge in [0.25, 0.3) is 0 Å². The quantitative estimate of drug-likeness (QED) is 0.839. The smallest absolute Gasteiger partial charge is 0.164 e. The molecule has 0 aliphatic heterocycles. The minimum absolute atomic E-state index is 0. The van der Waals surface area contributed by atoms with Crippen molar-refractivity contribution in [2.45, 2.75) is 25.0 Å². The van der Waals surface area contributed by atoms with Crippen molar-refractivity contribution in [1.82, 2.24) is 0 Å². The zero-order valence-corrected chi connectivity index (χ0v) is 12.8. The van der Waals surface area contributed by atoms with Gasteiger partial charge in [0.15, 0.2) is 11.5 Å². The van der Waals surface area contributed by atoms with Crippen LogP contribution < -0.4 is 19.9 Å². The zero-order chi connectivity index (χ0) is 14.0. The van der Waals surface area contributed by atoms with Gasteiger partial charge in [-0.25, -0.2) is 0 Å². The summed E-state index contributed by atoms with van der Waals surface area (Å²) in [5, 5.41) is 10.2. The van der Waals surface area contributed by atoms with E-state index in [1.807, 2.05) is 0 Å². The van der Waals surface area contributed by atoms with E-state index in [-0.39, 0.29) is 12.4 Å². The van der Waals surface area contributed by atoms with Crippen molar-refractivity contribution in [3.63, 3.8) is 0 Å². The fourth-order valence-electron chi connectivity index (χ4n) is 2.23. The van der Waals surface area contributed by atoms with Gasteiger partial charge in [-0.05, 0) is 24.8 Å². The summed E-state index contributed by atoms with van der Waals surface area (Å²) in [4.78, 5) is 0. The molecule has 0 bridgehead atoms. The lowest BCUT2D eigenvalue weighted by Crippen LogP contribution is -2.28. The van der Waals surface area contributed by atoms with Crippen molar-refractivity contribution >= 4 is 12.4 Å². The molecule has 0 unspecified atom stereocenters. The van der Waals surface area contributed by atoms with E-state index in [9.17, 15) is 5.11 Å². The van der Waals surface area contributed by atoms with Gasteiger partial charge in [-0.1, -0.05) is 0 Å². The molecule has 5 nitrogen and oxygen atoms in total. The lowest BCUT2D eigenvalue weighted by atomic mass is 9.97. The van der Waals surface area contributed by atoms with E-state index in [1.165, 1.54) is 0 Å². The summed E-state index contributed by atoms with van der Waals surface area (Å²) in [6.07, 6.45) is 1.52. The van der Waals surface area contributed by atoms with Crippen LogP contribution in [0.15, 0.2) is 12.1 Å². The van der Waals surface area contributed by atoms with Crippen molar-refractivity contribution in [3.05, 3.63) is 17.7 Å². The molecule has 114 valence electrons. The number of methoxy groups -OCH3 is 3. The molecule has 6 heteroatoms. The summed E-state index contributed by atoms with van der Waals surface area (Å²) in [5.41, 5.74) is 6.88. The Morgan fingerprint density at radius 3 is 2.00 bits per heavy atom. The Morgan fingerprint density at radius 1 is 1.05 bits per heavy atom. The number of aliphatic hydroxyl groups is 1. The molecule has 1 aliphatic rings. The molecule has 1 saturated carbocycles. The first kappa shape index (κ1) is 16.9. The van der Waals surface area contributed by atoms with Crippen LogP contribution in [0.4, 0.5) is 0 Å². The van der Waals surface area contributed by atoms with Gasteiger partial charge in [-0.3, -0.25) is 0 Å². The normalized spacial score (nSPS) is 16.9. The SMILES string of the molecule is COc1cc(OC)c([C@H](N)[C@H](O)C2CC2)cc1OC.Cl. The van der Waals surface area contributed by atoms with Gasteiger partial charge in [0.05, 0.1) is 33.5 Å². The Hall–Kier alpha value is -1.17. The third kappa shape index (κ3) is 3.29. The van der Waals surface area contributed by atoms with E-state index in [4.69, 9.17) is 19.9 Å². The fourth-order valence-corrected chi connectivity index (χ4v) is 2.23. The highest BCUT2D eigenvalue weighted by atomic mass is 35.5. The molecule has 0 amide bonds. The number of halogens is 1. The molecule has 2 atom stereocenters. The number of benzene rings is 1. The van der Waals surface area contributed by atoms with Gasteiger partial charge in [0.2, 0.25) is 0 Å². The largest absolute Gasteiger partial charge is 0.496 e. The average molecular weight is 304 g/mol. The molecule has 0 heterocycles. The Balaban J connectivity index is 0.00000200.